The highest BCUT2D eigenvalue weighted by Crippen LogP contribution is 2.25. The highest BCUT2D eigenvalue weighted by Gasteiger charge is 2.12. The van der Waals surface area contributed by atoms with Crippen molar-refractivity contribution in [1.29, 1.82) is 0 Å². The lowest BCUT2D eigenvalue weighted by molar-refractivity contribution is -0.113. The molecule has 0 aliphatic carbocycles. The van der Waals surface area contributed by atoms with E-state index in [1.807, 2.05) is 31.2 Å². The number of hydrogen-bond acceptors (Lipinski definition) is 4. The van der Waals surface area contributed by atoms with Crippen LogP contribution in [-0.4, -0.2) is 28.3 Å². The topological polar surface area (TPSA) is 56.2 Å². The number of halogens is 1. The van der Waals surface area contributed by atoms with Crippen LogP contribution in [0.4, 0.5) is 10.1 Å². The van der Waals surface area contributed by atoms with Gasteiger partial charge in [0.25, 0.3) is 0 Å². The Morgan fingerprint density at radius 1 is 1.32 bits per heavy atom. The Morgan fingerprint density at radius 3 is 2.84 bits per heavy atom. The number of hydrogen-bond donors (Lipinski definition) is 1. The number of ether oxygens (including phenoxy) is 1. The molecule has 3 rings (SSSR count). The summed E-state index contributed by atoms with van der Waals surface area (Å²) in [6, 6.07) is 12.2. The van der Waals surface area contributed by atoms with Gasteiger partial charge in [-0.05, 0) is 31.2 Å². The van der Waals surface area contributed by atoms with E-state index in [4.69, 9.17) is 4.74 Å². The van der Waals surface area contributed by atoms with E-state index in [-0.39, 0.29) is 17.4 Å². The Kier molecular flexibility index (Phi) is 5.23. The van der Waals surface area contributed by atoms with Gasteiger partial charge in [0.05, 0.1) is 23.9 Å². The third-order valence-corrected chi connectivity index (χ3v) is 4.68. The average Bonchev–Trinajstić information content (AvgIpc) is 2.97. The summed E-state index contributed by atoms with van der Waals surface area (Å²) >= 11 is 1.36. The minimum atomic E-state index is -0.513. The summed E-state index contributed by atoms with van der Waals surface area (Å²) in [5, 5.41) is 3.47. The minimum absolute atomic E-state index is 0.143. The number of carbonyl (C=O) groups excluding carboxylic acids is 1. The first-order valence-corrected chi connectivity index (χ1v) is 8.82. The van der Waals surface area contributed by atoms with Gasteiger partial charge >= 0.3 is 0 Å². The largest absolute Gasteiger partial charge is 0.494 e. The molecule has 25 heavy (non-hydrogen) atoms. The van der Waals surface area contributed by atoms with Crippen LogP contribution in [0.25, 0.3) is 11.0 Å². The van der Waals surface area contributed by atoms with Crippen molar-refractivity contribution in [1.82, 2.24) is 9.55 Å². The highest BCUT2D eigenvalue weighted by atomic mass is 32.2. The first-order chi connectivity index (χ1) is 12.1. The number of nitrogens with one attached hydrogen (secondary N) is 1. The van der Waals surface area contributed by atoms with Gasteiger partial charge in [0.15, 0.2) is 16.7 Å². The number of thioether (sulfide) groups is 1. The third kappa shape index (κ3) is 3.76. The maximum Gasteiger partial charge on any atom is 0.234 e. The Balaban J connectivity index is 1.67. The summed E-state index contributed by atoms with van der Waals surface area (Å²) < 4.78 is 20.6. The number of para-hydroxylation sites is 2. The quantitative estimate of drug-likeness (QED) is 0.678. The monoisotopic (exact) mass is 359 g/mol. The summed E-state index contributed by atoms with van der Waals surface area (Å²) in [5.74, 6) is -0.397. The van der Waals surface area contributed by atoms with E-state index in [9.17, 15) is 9.18 Å². The molecule has 0 saturated heterocycles. The van der Waals surface area contributed by atoms with Crippen LogP contribution in [-0.2, 0) is 11.3 Å². The van der Waals surface area contributed by atoms with Crippen molar-refractivity contribution < 1.29 is 13.9 Å². The van der Waals surface area contributed by atoms with Crippen LogP contribution in [0.3, 0.4) is 0 Å². The summed E-state index contributed by atoms with van der Waals surface area (Å²) in [5.41, 5.74) is 2.35. The first-order valence-electron chi connectivity index (χ1n) is 7.83. The van der Waals surface area contributed by atoms with Crippen molar-refractivity contribution in [2.45, 2.75) is 18.6 Å². The first kappa shape index (κ1) is 17.3. The molecule has 0 bridgehead atoms. The molecule has 0 aliphatic rings. The Morgan fingerprint density at radius 2 is 2.12 bits per heavy atom. The van der Waals surface area contributed by atoms with E-state index in [2.05, 4.69) is 14.9 Å². The van der Waals surface area contributed by atoms with Crippen LogP contribution in [0.5, 0.6) is 5.75 Å². The molecule has 0 radical (unpaired) electrons. The molecule has 0 aliphatic heterocycles. The SMILES string of the molecule is CCn1c(SCC(=O)Nc2ccc(OC)c(F)c2)nc2ccccc21. The molecular weight excluding hydrogens is 341 g/mol. The Bertz CT molecular complexity index is 910. The number of nitrogens with zero attached hydrogens (tertiary/aromatic N) is 2. The predicted octanol–water partition coefficient (Wildman–Crippen LogP) is 3.93. The standard InChI is InChI=1S/C18H18FN3O2S/c1-3-22-15-7-5-4-6-14(15)21-18(22)25-11-17(23)20-12-8-9-16(24-2)13(19)10-12/h4-10H,3,11H2,1-2H3,(H,20,23). The number of fused-ring (bicyclic) bond motifs is 1. The van der Waals surface area contributed by atoms with Gasteiger partial charge in [-0.2, -0.15) is 0 Å². The molecule has 130 valence electrons. The summed E-state index contributed by atoms with van der Waals surface area (Å²) in [6.45, 7) is 2.81. The molecule has 1 amide bonds. The van der Waals surface area contributed by atoms with Gasteiger partial charge in [-0.25, -0.2) is 9.37 Å². The predicted molar refractivity (Wildman–Crippen MR) is 97.7 cm³/mol. The Labute approximate surface area is 149 Å². The fourth-order valence-corrected chi connectivity index (χ4v) is 3.42. The molecule has 0 unspecified atom stereocenters. The second-order valence-corrected chi connectivity index (χ2v) is 6.26. The molecule has 7 heteroatoms. The number of methoxy groups -OCH3 is 1. The summed E-state index contributed by atoms with van der Waals surface area (Å²) in [7, 11) is 1.40. The molecule has 2 aromatic carbocycles. The van der Waals surface area contributed by atoms with E-state index in [1.165, 1.54) is 31.0 Å². The van der Waals surface area contributed by atoms with Gasteiger partial charge in [-0.3, -0.25) is 4.79 Å². The molecule has 1 aromatic heterocycles. The van der Waals surface area contributed by atoms with Crippen molar-refractivity contribution in [3.8, 4) is 5.75 Å². The number of aromatic nitrogens is 2. The summed E-state index contributed by atoms with van der Waals surface area (Å²) in [6.07, 6.45) is 0. The maximum absolute atomic E-state index is 13.7. The van der Waals surface area contributed by atoms with Crippen molar-refractivity contribution in [2.75, 3.05) is 18.2 Å². The molecule has 3 aromatic rings. The van der Waals surface area contributed by atoms with Gasteiger partial charge < -0.3 is 14.6 Å². The Hall–Kier alpha value is -2.54. The number of imidazole rings is 1. The van der Waals surface area contributed by atoms with Crippen molar-refractivity contribution in [3.63, 3.8) is 0 Å². The number of carbonyl (C=O) groups is 1. The lowest BCUT2D eigenvalue weighted by Crippen LogP contribution is -2.14. The zero-order valence-electron chi connectivity index (χ0n) is 14.0. The lowest BCUT2D eigenvalue weighted by atomic mass is 10.3. The number of anilines is 1. The van der Waals surface area contributed by atoms with E-state index >= 15 is 0 Å². The highest BCUT2D eigenvalue weighted by molar-refractivity contribution is 7.99. The maximum atomic E-state index is 13.7. The number of benzene rings is 2. The number of rotatable bonds is 6. The van der Waals surface area contributed by atoms with E-state index < -0.39 is 5.82 Å². The van der Waals surface area contributed by atoms with Crippen LogP contribution in [0.1, 0.15) is 6.92 Å². The van der Waals surface area contributed by atoms with Crippen molar-refractivity contribution >= 4 is 34.4 Å². The average molecular weight is 359 g/mol. The lowest BCUT2D eigenvalue weighted by Gasteiger charge is -2.08. The fraction of sp³-hybridized carbons (Fsp3) is 0.222. The molecule has 0 fully saturated rings. The number of aryl methyl sites for hydroxylation is 1. The molecule has 0 spiro atoms. The molecule has 1 N–H and O–H groups in total. The van der Waals surface area contributed by atoms with Crippen LogP contribution in [0.2, 0.25) is 0 Å². The van der Waals surface area contributed by atoms with Gasteiger partial charge in [0, 0.05) is 18.3 Å². The van der Waals surface area contributed by atoms with Crippen LogP contribution in [0.15, 0.2) is 47.6 Å². The fourth-order valence-electron chi connectivity index (χ4n) is 2.54. The smallest absolute Gasteiger partial charge is 0.234 e. The molecule has 0 atom stereocenters. The third-order valence-electron chi connectivity index (χ3n) is 3.70. The zero-order chi connectivity index (χ0) is 17.8. The van der Waals surface area contributed by atoms with Crippen LogP contribution in [0, 0.1) is 5.82 Å². The zero-order valence-corrected chi connectivity index (χ0v) is 14.8. The van der Waals surface area contributed by atoms with Crippen LogP contribution >= 0.6 is 11.8 Å². The van der Waals surface area contributed by atoms with Crippen molar-refractivity contribution in [2.24, 2.45) is 0 Å². The van der Waals surface area contributed by atoms with Crippen molar-refractivity contribution in [3.05, 3.63) is 48.3 Å². The van der Waals surface area contributed by atoms with E-state index in [0.29, 0.717) is 5.69 Å². The van der Waals surface area contributed by atoms with Gasteiger partial charge in [-0.15, -0.1) is 0 Å². The second-order valence-electron chi connectivity index (χ2n) is 5.31. The van der Waals surface area contributed by atoms with E-state index in [1.54, 1.807) is 6.07 Å². The summed E-state index contributed by atoms with van der Waals surface area (Å²) in [4.78, 5) is 16.7. The van der Waals surface area contributed by atoms with Gasteiger partial charge in [0.1, 0.15) is 0 Å². The van der Waals surface area contributed by atoms with E-state index in [0.717, 1.165) is 22.7 Å². The minimum Gasteiger partial charge on any atom is -0.494 e. The van der Waals surface area contributed by atoms with Gasteiger partial charge in [0.2, 0.25) is 5.91 Å². The molecule has 0 saturated carbocycles. The molecule has 1 heterocycles. The molecular formula is C18H18FN3O2S. The number of amides is 1. The van der Waals surface area contributed by atoms with Gasteiger partial charge in [-0.1, -0.05) is 23.9 Å². The second kappa shape index (κ2) is 7.57. The normalized spacial score (nSPS) is 10.8. The molecule has 5 nitrogen and oxygen atoms in total. The van der Waals surface area contributed by atoms with Crippen LogP contribution < -0.4 is 10.1 Å².